The number of hydrogen-bond donors (Lipinski definition) is 1. The third-order valence-electron chi connectivity index (χ3n) is 10.0. The molecule has 1 amide bonds. The second kappa shape index (κ2) is 29.5. The average Bonchev–Trinajstić information content (AvgIpc) is 3.28. The lowest BCUT2D eigenvalue weighted by molar-refractivity contribution is -0.271. The SMILES string of the molecule is C=CCO[C@H]1O[C@H](COCc2ccccc2)[C@@H](OP(=O)(OCc2ccccc2)OCc2ccccc2)[C@H](OC(=O)CCCCCCCCCCCCC)[C@H]1NC(=O)OCC(Cl)(Cl)Cl. The minimum Gasteiger partial charge on any atom is -0.457 e. The Bertz CT molecular complexity index is 1730. The molecule has 1 fully saturated rings. The maximum Gasteiger partial charge on any atom is 0.475 e. The van der Waals surface area contributed by atoms with Crippen molar-refractivity contribution in [2.24, 2.45) is 0 Å². The van der Waals surface area contributed by atoms with Crippen LogP contribution >= 0.6 is 42.6 Å². The van der Waals surface area contributed by atoms with Gasteiger partial charge in [0.05, 0.1) is 33.0 Å². The van der Waals surface area contributed by atoms with E-state index in [4.69, 9.17) is 72.1 Å². The van der Waals surface area contributed by atoms with Crippen molar-refractivity contribution in [3.05, 3.63) is 120 Å². The Kier molecular flexibility index (Phi) is 24.7. The van der Waals surface area contributed by atoms with Gasteiger partial charge in [0.1, 0.15) is 24.9 Å². The molecule has 0 aromatic heterocycles. The highest BCUT2D eigenvalue weighted by Gasteiger charge is 2.53. The fraction of sp³-hybridized carbons (Fsp3) is 0.532. The predicted molar refractivity (Wildman–Crippen MR) is 245 cm³/mol. The summed E-state index contributed by atoms with van der Waals surface area (Å²) in [5, 5.41) is 2.66. The van der Waals surface area contributed by atoms with Crippen LogP contribution in [0.1, 0.15) is 101 Å². The van der Waals surface area contributed by atoms with Crippen LogP contribution in [0.25, 0.3) is 0 Å². The molecule has 348 valence electrons. The number of carbonyl (C=O) groups excluding carboxylic acids is 2. The van der Waals surface area contributed by atoms with Crippen molar-refractivity contribution >= 4 is 54.7 Å². The van der Waals surface area contributed by atoms with Crippen LogP contribution in [0.5, 0.6) is 0 Å². The van der Waals surface area contributed by atoms with E-state index in [-0.39, 0.29) is 39.5 Å². The van der Waals surface area contributed by atoms with Gasteiger partial charge < -0.3 is 29.0 Å². The highest BCUT2D eigenvalue weighted by atomic mass is 35.6. The Morgan fingerprint density at radius 3 is 1.76 bits per heavy atom. The molecule has 0 spiro atoms. The molecule has 5 atom stereocenters. The van der Waals surface area contributed by atoms with Gasteiger partial charge in [-0.2, -0.15) is 0 Å². The van der Waals surface area contributed by atoms with Gasteiger partial charge in [-0.05, 0) is 23.1 Å². The summed E-state index contributed by atoms with van der Waals surface area (Å²) < 4.78 is 61.6. The van der Waals surface area contributed by atoms with Crippen LogP contribution in [0.2, 0.25) is 0 Å². The van der Waals surface area contributed by atoms with Crippen molar-refractivity contribution in [1.29, 1.82) is 0 Å². The van der Waals surface area contributed by atoms with Crippen LogP contribution in [0.4, 0.5) is 4.79 Å². The van der Waals surface area contributed by atoms with E-state index in [9.17, 15) is 14.2 Å². The number of amides is 1. The first kappa shape index (κ1) is 52.6. The number of hydrogen-bond acceptors (Lipinski definition) is 11. The third kappa shape index (κ3) is 21.2. The Balaban J connectivity index is 1.64. The van der Waals surface area contributed by atoms with Crippen molar-refractivity contribution in [2.45, 2.75) is 138 Å². The maximum atomic E-state index is 15.0. The first-order valence-electron chi connectivity index (χ1n) is 21.8. The normalized spacial score (nSPS) is 19.0. The number of benzene rings is 3. The fourth-order valence-electron chi connectivity index (χ4n) is 6.80. The van der Waals surface area contributed by atoms with E-state index in [1.807, 2.05) is 66.7 Å². The number of esters is 1. The van der Waals surface area contributed by atoms with Gasteiger partial charge in [0, 0.05) is 6.42 Å². The maximum absolute atomic E-state index is 15.0. The zero-order valence-corrected chi connectivity index (χ0v) is 39.3. The van der Waals surface area contributed by atoms with Crippen LogP contribution in [0.3, 0.4) is 0 Å². The number of alkyl carbamates (subject to hydrolysis) is 1. The second-order valence-corrected chi connectivity index (χ2v) is 19.4. The molecule has 16 heteroatoms. The topological polar surface area (TPSA) is 137 Å². The number of ether oxygens (including phenoxy) is 5. The number of phosphoric acid groups is 1. The highest BCUT2D eigenvalue weighted by molar-refractivity contribution is 7.48. The molecule has 4 rings (SSSR count). The van der Waals surface area contributed by atoms with E-state index < -0.39 is 60.9 Å². The lowest BCUT2D eigenvalue weighted by Crippen LogP contribution is -2.66. The molecule has 1 saturated heterocycles. The molecule has 0 saturated carbocycles. The van der Waals surface area contributed by atoms with Gasteiger partial charge in [-0.3, -0.25) is 18.4 Å². The van der Waals surface area contributed by atoms with E-state index in [0.717, 1.165) is 31.2 Å². The summed E-state index contributed by atoms with van der Waals surface area (Å²) in [6, 6.07) is 26.3. The summed E-state index contributed by atoms with van der Waals surface area (Å²) in [5.41, 5.74) is 2.26. The van der Waals surface area contributed by atoms with Gasteiger partial charge in [0.2, 0.25) is 3.79 Å². The summed E-state index contributed by atoms with van der Waals surface area (Å²) in [6.45, 7) is 5.02. The number of halogens is 3. The smallest absolute Gasteiger partial charge is 0.457 e. The Hall–Kier alpha value is -3.00. The third-order valence-corrected chi connectivity index (χ3v) is 11.8. The van der Waals surface area contributed by atoms with Crippen LogP contribution < -0.4 is 5.32 Å². The van der Waals surface area contributed by atoms with Gasteiger partial charge in [0.25, 0.3) is 0 Å². The summed E-state index contributed by atoms with van der Waals surface area (Å²) in [7, 11) is -4.59. The minimum atomic E-state index is -4.59. The minimum absolute atomic E-state index is 0.0343. The molecular formula is C47H63Cl3NO11P. The first-order valence-corrected chi connectivity index (χ1v) is 24.4. The van der Waals surface area contributed by atoms with E-state index in [1.54, 1.807) is 24.3 Å². The largest absolute Gasteiger partial charge is 0.475 e. The molecule has 0 bridgehead atoms. The van der Waals surface area contributed by atoms with Gasteiger partial charge in [-0.15, -0.1) is 6.58 Å². The number of unbranched alkanes of at least 4 members (excludes halogenated alkanes) is 10. The Morgan fingerprint density at radius 1 is 0.746 bits per heavy atom. The number of nitrogens with one attached hydrogen (secondary N) is 1. The van der Waals surface area contributed by atoms with E-state index >= 15 is 0 Å². The van der Waals surface area contributed by atoms with Crippen LogP contribution in [-0.2, 0) is 66.4 Å². The zero-order chi connectivity index (χ0) is 45.2. The molecule has 3 aromatic rings. The number of phosphoric ester groups is 1. The molecule has 1 heterocycles. The average molecular weight is 955 g/mol. The molecule has 1 aliphatic rings. The first-order chi connectivity index (χ1) is 30.5. The summed E-state index contributed by atoms with van der Waals surface area (Å²) in [6.07, 6.45) is 7.28. The van der Waals surface area contributed by atoms with Crippen molar-refractivity contribution in [2.75, 3.05) is 19.8 Å². The molecule has 0 radical (unpaired) electrons. The second-order valence-electron chi connectivity index (χ2n) is 15.3. The molecule has 1 aliphatic heterocycles. The molecule has 0 unspecified atom stereocenters. The van der Waals surface area contributed by atoms with Gasteiger partial charge in [0.15, 0.2) is 12.4 Å². The monoisotopic (exact) mass is 953 g/mol. The van der Waals surface area contributed by atoms with Gasteiger partial charge in [-0.1, -0.05) is 203 Å². The fourth-order valence-corrected chi connectivity index (χ4v) is 8.33. The molecule has 63 heavy (non-hydrogen) atoms. The van der Waals surface area contributed by atoms with Crippen molar-refractivity contribution < 1.29 is 51.4 Å². The van der Waals surface area contributed by atoms with E-state index in [1.165, 1.54) is 44.6 Å². The predicted octanol–water partition coefficient (Wildman–Crippen LogP) is 12.1. The van der Waals surface area contributed by atoms with Crippen molar-refractivity contribution in [3.8, 4) is 0 Å². The lowest BCUT2D eigenvalue weighted by atomic mass is 9.96. The van der Waals surface area contributed by atoms with Crippen LogP contribution in [-0.4, -0.2) is 66.3 Å². The number of carbonyl (C=O) groups is 2. The summed E-state index contributed by atoms with van der Waals surface area (Å²) in [4.78, 5) is 27.2. The van der Waals surface area contributed by atoms with E-state index in [0.29, 0.717) is 17.5 Å². The Labute approximate surface area is 388 Å². The highest BCUT2D eigenvalue weighted by Crippen LogP contribution is 2.54. The molecule has 3 aromatic carbocycles. The molecule has 12 nitrogen and oxygen atoms in total. The van der Waals surface area contributed by atoms with Crippen LogP contribution in [0.15, 0.2) is 104 Å². The van der Waals surface area contributed by atoms with Gasteiger partial charge >= 0.3 is 19.9 Å². The quantitative estimate of drug-likeness (QED) is 0.0225. The van der Waals surface area contributed by atoms with Crippen LogP contribution in [0, 0.1) is 0 Å². The molecule has 1 N–H and O–H groups in total. The van der Waals surface area contributed by atoms with Gasteiger partial charge in [-0.25, -0.2) is 9.36 Å². The Morgan fingerprint density at radius 2 is 1.25 bits per heavy atom. The molecular weight excluding hydrogens is 892 g/mol. The summed E-state index contributed by atoms with van der Waals surface area (Å²) >= 11 is 17.7. The zero-order valence-electron chi connectivity index (χ0n) is 36.1. The number of rotatable bonds is 30. The standard InChI is InChI=1S/C47H63Cl3NO11P/c1-3-5-6-7-8-9-10-11-12-13-23-30-41(52)61-44-42(51-46(53)57-36-47(48,49)50)45(56-31-4-2)60-40(35-55-32-37-24-17-14-18-25-37)43(44)62-63(54,58-33-38-26-19-15-20-27-38)59-34-39-28-21-16-22-29-39/h4,14-22,24-29,40,42-45H,2-3,5-13,23,30-36H2,1H3,(H,51,53)/t40-,42-,43-,44-,45+/m1/s1. The number of alkyl halides is 3. The van der Waals surface area contributed by atoms with E-state index in [2.05, 4.69) is 18.8 Å². The van der Waals surface area contributed by atoms with Crippen molar-refractivity contribution in [3.63, 3.8) is 0 Å². The molecule has 0 aliphatic carbocycles. The summed E-state index contributed by atoms with van der Waals surface area (Å²) in [5.74, 6) is -0.593. The van der Waals surface area contributed by atoms with Crippen molar-refractivity contribution in [1.82, 2.24) is 5.32 Å². The lowest BCUT2D eigenvalue weighted by Gasteiger charge is -2.45.